The summed E-state index contributed by atoms with van der Waals surface area (Å²) >= 11 is 0. The van der Waals surface area contributed by atoms with E-state index in [2.05, 4.69) is 5.32 Å². The molecule has 1 aliphatic rings. The van der Waals surface area contributed by atoms with Gasteiger partial charge in [-0.3, -0.25) is 9.59 Å². The van der Waals surface area contributed by atoms with E-state index in [1.165, 1.54) is 0 Å². The standard InChI is InChI=1S/C21H24N2O3/c1-15-8-9-19-18(14-15)23(12-13-26-19)21(25)11-10-20(24)22-16(2)17-6-4-3-5-7-17/h3-9,14,16H,10-13H2,1-2H3,(H,22,24). The van der Waals surface area contributed by atoms with Gasteiger partial charge in [-0.2, -0.15) is 0 Å². The number of nitrogens with zero attached hydrogens (tertiary/aromatic N) is 1. The van der Waals surface area contributed by atoms with Crippen LogP contribution in [0.2, 0.25) is 0 Å². The van der Waals surface area contributed by atoms with Crippen molar-refractivity contribution in [3.05, 3.63) is 59.7 Å². The molecule has 1 aliphatic heterocycles. The van der Waals surface area contributed by atoms with Crippen LogP contribution in [0.5, 0.6) is 5.75 Å². The van der Waals surface area contributed by atoms with E-state index in [0.717, 1.165) is 22.6 Å². The summed E-state index contributed by atoms with van der Waals surface area (Å²) in [5, 5.41) is 2.95. The van der Waals surface area contributed by atoms with Crippen LogP contribution in [-0.4, -0.2) is 25.0 Å². The van der Waals surface area contributed by atoms with Gasteiger partial charge in [0.2, 0.25) is 11.8 Å². The number of ether oxygens (including phenoxy) is 1. The summed E-state index contributed by atoms with van der Waals surface area (Å²) in [6, 6.07) is 15.5. The minimum absolute atomic E-state index is 0.0531. The Kier molecular flexibility index (Phi) is 5.56. The molecule has 0 spiro atoms. The predicted octanol–water partition coefficient (Wildman–Crippen LogP) is 3.38. The number of fused-ring (bicyclic) bond motifs is 1. The third-order valence-corrected chi connectivity index (χ3v) is 4.52. The highest BCUT2D eigenvalue weighted by Crippen LogP contribution is 2.32. The van der Waals surface area contributed by atoms with Gasteiger partial charge in [0.15, 0.2) is 0 Å². The zero-order valence-corrected chi connectivity index (χ0v) is 15.2. The van der Waals surface area contributed by atoms with Crippen molar-refractivity contribution in [1.82, 2.24) is 5.32 Å². The number of hydrogen-bond acceptors (Lipinski definition) is 3. The van der Waals surface area contributed by atoms with Crippen LogP contribution in [0.15, 0.2) is 48.5 Å². The lowest BCUT2D eigenvalue weighted by Gasteiger charge is -2.30. The Hall–Kier alpha value is -2.82. The molecule has 1 heterocycles. The molecule has 1 N–H and O–H groups in total. The van der Waals surface area contributed by atoms with Gasteiger partial charge in [0.1, 0.15) is 12.4 Å². The Morgan fingerprint density at radius 1 is 1.15 bits per heavy atom. The van der Waals surface area contributed by atoms with Crippen molar-refractivity contribution in [2.24, 2.45) is 0 Å². The molecule has 0 bridgehead atoms. The number of amides is 2. The summed E-state index contributed by atoms with van der Waals surface area (Å²) in [7, 11) is 0. The maximum atomic E-state index is 12.6. The number of nitrogens with one attached hydrogen (secondary N) is 1. The summed E-state index contributed by atoms with van der Waals surface area (Å²) in [6.07, 6.45) is 0.356. The molecular formula is C21H24N2O3. The highest BCUT2D eigenvalue weighted by molar-refractivity contribution is 5.97. The average Bonchev–Trinajstić information content (AvgIpc) is 2.66. The molecule has 0 saturated carbocycles. The fraction of sp³-hybridized carbons (Fsp3) is 0.333. The molecule has 0 aromatic heterocycles. The van der Waals surface area contributed by atoms with Crippen LogP contribution in [0, 0.1) is 6.92 Å². The molecule has 136 valence electrons. The third-order valence-electron chi connectivity index (χ3n) is 4.52. The van der Waals surface area contributed by atoms with E-state index in [-0.39, 0.29) is 30.7 Å². The van der Waals surface area contributed by atoms with Crippen LogP contribution in [0.3, 0.4) is 0 Å². The van der Waals surface area contributed by atoms with Gasteiger partial charge in [-0.15, -0.1) is 0 Å². The number of aryl methyl sites for hydroxylation is 1. The molecule has 3 rings (SSSR count). The van der Waals surface area contributed by atoms with Gasteiger partial charge >= 0.3 is 0 Å². The number of carbonyl (C=O) groups is 2. The Labute approximate surface area is 154 Å². The fourth-order valence-electron chi connectivity index (χ4n) is 3.08. The summed E-state index contributed by atoms with van der Waals surface area (Å²) in [5.41, 5.74) is 2.91. The van der Waals surface area contributed by atoms with Crippen LogP contribution in [0.1, 0.15) is 36.9 Å². The van der Waals surface area contributed by atoms with Gasteiger partial charge in [-0.25, -0.2) is 0 Å². The highest BCUT2D eigenvalue weighted by atomic mass is 16.5. The van der Waals surface area contributed by atoms with E-state index in [4.69, 9.17) is 4.74 Å². The van der Waals surface area contributed by atoms with E-state index in [1.807, 2.05) is 62.4 Å². The molecular weight excluding hydrogens is 328 g/mol. The van der Waals surface area contributed by atoms with Crippen molar-refractivity contribution in [2.45, 2.75) is 32.7 Å². The monoisotopic (exact) mass is 352 g/mol. The van der Waals surface area contributed by atoms with E-state index >= 15 is 0 Å². The van der Waals surface area contributed by atoms with Crippen molar-refractivity contribution >= 4 is 17.5 Å². The van der Waals surface area contributed by atoms with E-state index in [1.54, 1.807) is 4.90 Å². The van der Waals surface area contributed by atoms with E-state index in [0.29, 0.717) is 13.2 Å². The first-order valence-corrected chi connectivity index (χ1v) is 8.93. The maximum absolute atomic E-state index is 12.6. The Bertz CT molecular complexity index is 789. The lowest BCUT2D eigenvalue weighted by Crippen LogP contribution is -2.38. The summed E-state index contributed by atoms with van der Waals surface area (Å²) in [4.78, 5) is 26.6. The molecule has 1 atom stereocenters. The van der Waals surface area contributed by atoms with E-state index < -0.39 is 0 Å². The molecule has 0 fully saturated rings. The SMILES string of the molecule is Cc1ccc2c(c1)N(C(=O)CCC(=O)NC(C)c1ccccc1)CCO2. The first-order valence-electron chi connectivity index (χ1n) is 8.93. The predicted molar refractivity (Wildman–Crippen MR) is 101 cm³/mol. The molecule has 2 aromatic carbocycles. The smallest absolute Gasteiger partial charge is 0.227 e. The van der Waals surface area contributed by atoms with Gasteiger partial charge in [0, 0.05) is 12.8 Å². The molecule has 5 heteroatoms. The minimum atomic E-state index is -0.118. The average molecular weight is 352 g/mol. The quantitative estimate of drug-likeness (QED) is 0.897. The Morgan fingerprint density at radius 2 is 1.92 bits per heavy atom. The van der Waals surface area contributed by atoms with Gasteiger partial charge in [-0.1, -0.05) is 36.4 Å². The van der Waals surface area contributed by atoms with Crippen molar-refractivity contribution in [3.63, 3.8) is 0 Å². The first-order chi connectivity index (χ1) is 12.5. The van der Waals surface area contributed by atoms with Crippen LogP contribution < -0.4 is 15.0 Å². The third kappa shape index (κ3) is 4.23. The van der Waals surface area contributed by atoms with Crippen molar-refractivity contribution in [1.29, 1.82) is 0 Å². The highest BCUT2D eigenvalue weighted by Gasteiger charge is 2.24. The van der Waals surface area contributed by atoms with E-state index in [9.17, 15) is 9.59 Å². The molecule has 2 amide bonds. The first kappa shape index (κ1) is 18.0. The number of carbonyl (C=O) groups excluding carboxylic acids is 2. The van der Waals surface area contributed by atoms with Crippen LogP contribution in [0.4, 0.5) is 5.69 Å². The zero-order chi connectivity index (χ0) is 18.5. The largest absolute Gasteiger partial charge is 0.490 e. The molecule has 0 radical (unpaired) electrons. The van der Waals surface area contributed by atoms with Gasteiger partial charge in [-0.05, 0) is 37.1 Å². The number of benzene rings is 2. The number of hydrogen-bond donors (Lipinski definition) is 1. The normalized spacial score (nSPS) is 14.2. The molecule has 2 aromatic rings. The van der Waals surface area contributed by atoms with Crippen molar-refractivity contribution in [3.8, 4) is 5.75 Å². The molecule has 0 saturated heterocycles. The Balaban J connectivity index is 1.56. The minimum Gasteiger partial charge on any atom is -0.490 e. The lowest BCUT2D eigenvalue weighted by atomic mass is 10.1. The summed E-state index contributed by atoms with van der Waals surface area (Å²) < 4.78 is 5.61. The topological polar surface area (TPSA) is 58.6 Å². The Morgan fingerprint density at radius 3 is 2.69 bits per heavy atom. The van der Waals surface area contributed by atoms with Gasteiger partial charge in [0.25, 0.3) is 0 Å². The lowest BCUT2D eigenvalue weighted by molar-refractivity contribution is -0.125. The molecule has 26 heavy (non-hydrogen) atoms. The molecule has 5 nitrogen and oxygen atoms in total. The van der Waals surface area contributed by atoms with Crippen molar-refractivity contribution in [2.75, 3.05) is 18.1 Å². The zero-order valence-electron chi connectivity index (χ0n) is 15.2. The molecule has 0 aliphatic carbocycles. The summed E-state index contributed by atoms with van der Waals surface area (Å²) in [6.45, 7) is 4.91. The number of rotatable bonds is 5. The van der Waals surface area contributed by atoms with Crippen LogP contribution in [0.25, 0.3) is 0 Å². The number of anilines is 1. The van der Waals surface area contributed by atoms with Crippen LogP contribution in [-0.2, 0) is 9.59 Å². The van der Waals surface area contributed by atoms with Crippen molar-refractivity contribution < 1.29 is 14.3 Å². The van der Waals surface area contributed by atoms with Gasteiger partial charge < -0.3 is 15.0 Å². The molecule has 1 unspecified atom stereocenters. The maximum Gasteiger partial charge on any atom is 0.227 e. The fourth-order valence-corrected chi connectivity index (χ4v) is 3.08. The second-order valence-corrected chi connectivity index (χ2v) is 6.56. The second-order valence-electron chi connectivity index (χ2n) is 6.56. The second kappa shape index (κ2) is 8.04. The summed E-state index contributed by atoms with van der Waals surface area (Å²) in [5.74, 6) is 0.549. The van der Waals surface area contributed by atoms with Gasteiger partial charge in [0.05, 0.1) is 18.3 Å². The van der Waals surface area contributed by atoms with Crippen LogP contribution >= 0.6 is 0 Å².